The second-order valence-corrected chi connectivity index (χ2v) is 6.32. The number of amides is 1. The van der Waals surface area contributed by atoms with Crippen LogP contribution in [-0.4, -0.2) is 13.0 Å². The molecule has 23 heavy (non-hydrogen) atoms. The van der Waals surface area contributed by atoms with Crippen molar-refractivity contribution < 1.29 is 9.53 Å². The van der Waals surface area contributed by atoms with E-state index in [9.17, 15) is 4.79 Å². The lowest BCUT2D eigenvalue weighted by atomic mass is 9.63. The summed E-state index contributed by atoms with van der Waals surface area (Å²) in [5, 5.41) is 3.73. The predicted octanol–water partition coefficient (Wildman–Crippen LogP) is 4.09. The molecule has 0 bridgehead atoms. The van der Waals surface area contributed by atoms with Gasteiger partial charge in [-0.05, 0) is 30.5 Å². The average Bonchev–Trinajstić information content (AvgIpc) is 2.53. The fourth-order valence-corrected chi connectivity index (χ4v) is 3.38. The number of methoxy groups -OCH3 is 1. The molecular formula is C19H20ClNO2. The predicted molar refractivity (Wildman–Crippen MR) is 91.8 cm³/mol. The Morgan fingerprint density at radius 2 is 1.87 bits per heavy atom. The van der Waals surface area contributed by atoms with E-state index in [1.165, 1.54) is 0 Å². The van der Waals surface area contributed by atoms with Crippen molar-refractivity contribution in [3.63, 3.8) is 0 Å². The smallest absolute Gasteiger partial charge is 0.231 e. The first-order valence-corrected chi connectivity index (χ1v) is 8.20. The van der Waals surface area contributed by atoms with Gasteiger partial charge in [-0.2, -0.15) is 0 Å². The molecule has 0 aliphatic heterocycles. The van der Waals surface area contributed by atoms with Crippen molar-refractivity contribution in [2.75, 3.05) is 7.11 Å². The van der Waals surface area contributed by atoms with E-state index >= 15 is 0 Å². The molecule has 2 aromatic rings. The lowest BCUT2D eigenvalue weighted by Gasteiger charge is -2.41. The molecule has 0 atom stereocenters. The van der Waals surface area contributed by atoms with E-state index in [0.717, 1.165) is 36.1 Å². The van der Waals surface area contributed by atoms with Crippen molar-refractivity contribution in [3.05, 3.63) is 64.7 Å². The number of carbonyl (C=O) groups excluding carboxylic acids is 1. The summed E-state index contributed by atoms with van der Waals surface area (Å²) in [6, 6.07) is 15.4. The number of nitrogens with one attached hydrogen (secondary N) is 1. The van der Waals surface area contributed by atoms with Gasteiger partial charge in [0.15, 0.2) is 0 Å². The SMILES string of the molecule is COc1ccccc1C1(C(=O)NCc2ccccc2Cl)CCC1. The van der Waals surface area contributed by atoms with Crippen LogP contribution in [-0.2, 0) is 16.8 Å². The number of carbonyl (C=O) groups is 1. The van der Waals surface area contributed by atoms with Crippen LogP contribution in [0.4, 0.5) is 0 Å². The molecule has 1 aliphatic rings. The summed E-state index contributed by atoms with van der Waals surface area (Å²) in [4.78, 5) is 12.9. The quantitative estimate of drug-likeness (QED) is 0.897. The van der Waals surface area contributed by atoms with Crippen LogP contribution in [0, 0.1) is 0 Å². The van der Waals surface area contributed by atoms with Gasteiger partial charge in [-0.25, -0.2) is 0 Å². The summed E-state index contributed by atoms with van der Waals surface area (Å²) in [5.41, 5.74) is 1.43. The summed E-state index contributed by atoms with van der Waals surface area (Å²) < 4.78 is 5.46. The van der Waals surface area contributed by atoms with Gasteiger partial charge in [0.1, 0.15) is 5.75 Å². The van der Waals surface area contributed by atoms with E-state index in [1.807, 2.05) is 48.5 Å². The van der Waals surface area contributed by atoms with E-state index in [-0.39, 0.29) is 5.91 Å². The standard InChI is InChI=1S/C19H20ClNO2/c1-23-17-10-5-3-8-15(17)19(11-6-12-19)18(22)21-13-14-7-2-4-9-16(14)20/h2-5,7-10H,6,11-13H2,1H3,(H,21,22). The second kappa shape index (κ2) is 6.63. The Morgan fingerprint density at radius 3 is 2.52 bits per heavy atom. The molecule has 0 heterocycles. The van der Waals surface area contributed by atoms with Crippen LogP contribution in [0.2, 0.25) is 5.02 Å². The summed E-state index contributed by atoms with van der Waals surface area (Å²) >= 11 is 6.16. The Hall–Kier alpha value is -2.00. The van der Waals surface area contributed by atoms with Crippen LogP contribution in [0.3, 0.4) is 0 Å². The third-order valence-electron chi connectivity index (χ3n) is 4.66. The number of hydrogen-bond acceptors (Lipinski definition) is 2. The normalized spacial score (nSPS) is 15.6. The van der Waals surface area contributed by atoms with E-state index in [1.54, 1.807) is 7.11 Å². The minimum absolute atomic E-state index is 0.0492. The number of rotatable bonds is 5. The maximum absolute atomic E-state index is 12.9. The summed E-state index contributed by atoms with van der Waals surface area (Å²) in [7, 11) is 1.65. The maximum atomic E-state index is 12.9. The fourth-order valence-electron chi connectivity index (χ4n) is 3.18. The lowest BCUT2D eigenvalue weighted by Crippen LogP contribution is -2.49. The molecule has 2 aromatic carbocycles. The Morgan fingerprint density at radius 1 is 1.17 bits per heavy atom. The van der Waals surface area contributed by atoms with E-state index in [0.29, 0.717) is 11.6 Å². The molecule has 120 valence electrons. The van der Waals surface area contributed by atoms with Gasteiger partial charge in [0, 0.05) is 17.1 Å². The molecule has 3 rings (SSSR count). The van der Waals surface area contributed by atoms with Crippen LogP contribution in [0.1, 0.15) is 30.4 Å². The van der Waals surface area contributed by atoms with Crippen LogP contribution in [0.5, 0.6) is 5.75 Å². The van der Waals surface area contributed by atoms with Crippen molar-refractivity contribution in [1.82, 2.24) is 5.32 Å². The molecule has 0 unspecified atom stereocenters. The Labute approximate surface area is 141 Å². The number of ether oxygens (including phenoxy) is 1. The van der Waals surface area contributed by atoms with Crippen LogP contribution < -0.4 is 10.1 Å². The highest BCUT2D eigenvalue weighted by atomic mass is 35.5. The molecule has 1 fully saturated rings. The lowest BCUT2D eigenvalue weighted by molar-refractivity contribution is -0.130. The first-order valence-electron chi connectivity index (χ1n) is 7.82. The van der Waals surface area contributed by atoms with E-state index in [4.69, 9.17) is 16.3 Å². The third-order valence-corrected chi connectivity index (χ3v) is 5.03. The molecule has 3 nitrogen and oxygen atoms in total. The molecule has 1 N–H and O–H groups in total. The van der Waals surface area contributed by atoms with Gasteiger partial charge in [-0.15, -0.1) is 0 Å². The van der Waals surface area contributed by atoms with Gasteiger partial charge in [-0.1, -0.05) is 54.4 Å². The molecule has 1 saturated carbocycles. The highest BCUT2D eigenvalue weighted by molar-refractivity contribution is 6.31. The minimum atomic E-state index is -0.478. The molecule has 0 aromatic heterocycles. The molecule has 1 aliphatic carbocycles. The van der Waals surface area contributed by atoms with E-state index in [2.05, 4.69) is 5.32 Å². The summed E-state index contributed by atoms with van der Waals surface area (Å²) in [6.45, 7) is 0.440. The molecular weight excluding hydrogens is 310 g/mol. The largest absolute Gasteiger partial charge is 0.496 e. The van der Waals surface area contributed by atoms with Crippen molar-refractivity contribution in [2.45, 2.75) is 31.2 Å². The van der Waals surface area contributed by atoms with Crippen molar-refractivity contribution in [1.29, 1.82) is 0 Å². The molecule has 0 radical (unpaired) electrons. The summed E-state index contributed by atoms with van der Waals surface area (Å²) in [5.74, 6) is 0.827. The Kier molecular flexibility index (Phi) is 4.58. The zero-order valence-electron chi connectivity index (χ0n) is 13.1. The van der Waals surface area contributed by atoms with Gasteiger partial charge < -0.3 is 10.1 Å². The first-order chi connectivity index (χ1) is 11.2. The van der Waals surface area contributed by atoms with Crippen LogP contribution in [0.15, 0.2) is 48.5 Å². The van der Waals surface area contributed by atoms with Crippen LogP contribution >= 0.6 is 11.6 Å². The van der Waals surface area contributed by atoms with Crippen molar-refractivity contribution in [3.8, 4) is 5.75 Å². The minimum Gasteiger partial charge on any atom is -0.496 e. The molecule has 0 spiro atoms. The highest BCUT2D eigenvalue weighted by Crippen LogP contribution is 2.47. The van der Waals surface area contributed by atoms with Crippen molar-refractivity contribution in [2.24, 2.45) is 0 Å². The number of hydrogen-bond donors (Lipinski definition) is 1. The zero-order valence-corrected chi connectivity index (χ0v) is 13.9. The maximum Gasteiger partial charge on any atom is 0.231 e. The van der Waals surface area contributed by atoms with Gasteiger partial charge in [0.2, 0.25) is 5.91 Å². The topological polar surface area (TPSA) is 38.3 Å². The number of para-hydroxylation sites is 1. The Bertz CT molecular complexity index is 710. The molecule has 0 saturated heterocycles. The third kappa shape index (κ3) is 2.93. The van der Waals surface area contributed by atoms with Gasteiger partial charge >= 0.3 is 0 Å². The zero-order chi connectivity index (χ0) is 16.3. The van der Waals surface area contributed by atoms with Gasteiger partial charge in [0.25, 0.3) is 0 Å². The van der Waals surface area contributed by atoms with Gasteiger partial charge in [-0.3, -0.25) is 4.79 Å². The Balaban J connectivity index is 1.80. The van der Waals surface area contributed by atoms with Crippen LogP contribution in [0.25, 0.3) is 0 Å². The van der Waals surface area contributed by atoms with Crippen molar-refractivity contribution >= 4 is 17.5 Å². The monoisotopic (exact) mass is 329 g/mol. The molecule has 4 heteroatoms. The highest BCUT2D eigenvalue weighted by Gasteiger charge is 2.47. The molecule has 1 amide bonds. The number of benzene rings is 2. The summed E-state index contributed by atoms with van der Waals surface area (Å²) in [6.07, 6.45) is 2.75. The average molecular weight is 330 g/mol. The van der Waals surface area contributed by atoms with Gasteiger partial charge in [0.05, 0.1) is 12.5 Å². The fraction of sp³-hybridized carbons (Fsp3) is 0.316. The van der Waals surface area contributed by atoms with E-state index < -0.39 is 5.41 Å². The number of halogens is 1. The first kappa shape index (κ1) is 15.9. The second-order valence-electron chi connectivity index (χ2n) is 5.91.